The van der Waals surface area contributed by atoms with Crippen LogP contribution in [0.1, 0.15) is 0 Å². The molecule has 1 aromatic rings. The topological polar surface area (TPSA) is 143 Å². The van der Waals surface area contributed by atoms with Crippen LogP contribution in [0.3, 0.4) is 0 Å². The van der Waals surface area contributed by atoms with Crippen LogP contribution in [0.2, 0.25) is 0 Å². The van der Waals surface area contributed by atoms with E-state index in [1.807, 2.05) is 0 Å². The Morgan fingerprint density at radius 2 is 2.43 bits per heavy atom. The molecule has 1 unspecified atom stereocenters. The second-order valence-corrected chi connectivity index (χ2v) is 2.53. The molecule has 1 aromatic heterocycles. The van der Waals surface area contributed by atoms with E-state index in [4.69, 9.17) is 11.5 Å². The maximum absolute atomic E-state index is 10.5. The van der Waals surface area contributed by atoms with Crippen molar-refractivity contribution < 1.29 is 9.72 Å². The number of nitro groups is 1. The van der Waals surface area contributed by atoms with Crippen LogP contribution >= 0.6 is 0 Å². The van der Waals surface area contributed by atoms with Gasteiger partial charge in [-0.1, -0.05) is 4.98 Å². The summed E-state index contributed by atoms with van der Waals surface area (Å²) in [5.74, 6) is -1.25. The van der Waals surface area contributed by atoms with Crippen LogP contribution < -0.4 is 11.5 Å². The van der Waals surface area contributed by atoms with Crippen LogP contribution in [0.25, 0.3) is 0 Å². The van der Waals surface area contributed by atoms with E-state index in [0.29, 0.717) is 0 Å². The van der Waals surface area contributed by atoms with Gasteiger partial charge in [-0.2, -0.15) is 4.68 Å². The van der Waals surface area contributed by atoms with Gasteiger partial charge >= 0.3 is 5.95 Å². The zero-order chi connectivity index (χ0) is 10.7. The first kappa shape index (κ1) is 10.1. The fraction of sp³-hybridized carbons (Fsp3) is 0.400. The predicted molar refractivity (Wildman–Crippen MR) is 43.8 cm³/mol. The van der Waals surface area contributed by atoms with Crippen LogP contribution in [0.5, 0.6) is 0 Å². The lowest BCUT2D eigenvalue weighted by molar-refractivity contribution is -0.394. The number of hydrogen-bond acceptors (Lipinski definition) is 6. The van der Waals surface area contributed by atoms with Gasteiger partial charge in [0, 0.05) is 5.10 Å². The average Bonchev–Trinajstić information content (AvgIpc) is 2.52. The van der Waals surface area contributed by atoms with Crippen molar-refractivity contribution >= 4 is 11.9 Å². The number of primary amides is 1. The predicted octanol–water partition coefficient (Wildman–Crippen LogP) is -2.00. The van der Waals surface area contributed by atoms with E-state index in [1.54, 1.807) is 0 Å². The minimum absolute atomic E-state index is 0.0316. The van der Waals surface area contributed by atoms with E-state index in [9.17, 15) is 14.9 Å². The van der Waals surface area contributed by atoms with E-state index in [2.05, 4.69) is 10.1 Å². The molecular weight excluding hydrogens is 192 g/mol. The number of carbonyl (C=O) groups excluding carboxylic acids is 1. The molecule has 1 heterocycles. The zero-order valence-corrected chi connectivity index (χ0v) is 7.03. The highest BCUT2D eigenvalue weighted by Crippen LogP contribution is 1.99. The van der Waals surface area contributed by atoms with E-state index in [0.717, 1.165) is 11.0 Å². The number of nitrogens with two attached hydrogens (primary N) is 2. The summed E-state index contributed by atoms with van der Waals surface area (Å²) < 4.78 is 1.09. The van der Waals surface area contributed by atoms with Gasteiger partial charge in [0.1, 0.15) is 6.04 Å². The van der Waals surface area contributed by atoms with E-state index >= 15 is 0 Å². The number of aromatic nitrogens is 3. The summed E-state index contributed by atoms with van der Waals surface area (Å²) >= 11 is 0. The van der Waals surface area contributed by atoms with Gasteiger partial charge in [0.15, 0.2) is 0 Å². The second-order valence-electron chi connectivity index (χ2n) is 2.53. The minimum Gasteiger partial charge on any atom is -0.390 e. The van der Waals surface area contributed by atoms with Gasteiger partial charge in [0.25, 0.3) is 0 Å². The molecule has 0 aliphatic rings. The zero-order valence-electron chi connectivity index (χ0n) is 7.03. The van der Waals surface area contributed by atoms with Gasteiger partial charge < -0.3 is 21.6 Å². The average molecular weight is 200 g/mol. The van der Waals surface area contributed by atoms with E-state index in [-0.39, 0.29) is 6.54 Å². The van der Waals surface area contributed by atoms with Crippen LogP contribution in [-0.2, 0) is 11.3 Å². The molecule has 1 atom stereocenters. The molecular formula is C5H8N6O3. The summed E-state index contributed by atoms with van der Waals surface area (Å²) in [5, 5.41) is 13.6. The lowest BCUT2D eigenvalue weighted by Gasteiger charge is -2.02. The van der Waals surface area contributed by atoms with Gasteiger partial charge in [0.2, 0.25) is 12.2 Å². The summed E-state index contributed by atoms with van der Waals surface area (Å²) in [7, 11) is 0. The Morgan fingerprint density at radius 1 is 1.79 bits per heavy atom. The molecule has 4 N–H and O–H groups in total. The molecule has 0 spiro atoms. The molecule has 0 aromatic carbocycles. The van der Waals surface area contributed by atoms with E-state index < -0.39 is 22.8 Å². The Bertz CT molecular complexity index is 360. The lowest BCUT2D eigenvalue weighted by Crippen LogP contribution is -2.39. The van der Waals surface area contributed by atoms with Crippen molar-refractivity contribution in [2.24, 2.45) is 11.5 Å². The number of amides is 1. The molecule has 0 radical (unpaired) electrons. The normalized spacial score (nSPS) is 12.4. The third-order valence-corrected chi connectivity index (χ3v) is 1.44. The van der Waals surface area contributed by atoms with Crippen LogP contribution in [0.15, 0.2) is 6.33 Å². The molecule has 0 aliphatic heterocycles. The minimum atomic E-state index is -0.934. The quantitative estimate of drug-likeness (QED) is 0.425. The molecule has 0 aliphatic carbocycles. The molecule has 0 bridgehead atoms. The van der Waals surface area contributed by atoms with Gasteiger partial charge in [-0.25, -0.2) is 0 Å². The third kappa shape index (κ3) is 2.23. The van der Waals surface area contributed by atoms with Crippen LogP contribution in [0.4, 0.5) is 5.95 Å². The maximum Gasteiger partial charge on any atom is 0.490 e. The van der Waals surface area contributed by atoms with Crippen molar-refractivity contribution in [3.63, 3.8) is 0 Å². The highest BCUT2D eigenvalue weighted by Gasteiger charge is 2.17. The van der Waals surface area contributed by atoms with Crippen LogP contribution in [0, 0.1) is 10.1 Å². The maximum atomic E-state index is 10.5. The molecule has 76 valence electrons. The van der Waals surface area contributed by atoms with Crippen molar-refractivity contribution in [2.75, 3.05) is 0 Å². The summed E-state index contributed by atoms with van der Waals surface area (Å²) in [6.45, 7) is -0.0316. The number of nitrogens with zero attached hydrogens (tertiary/aromatic N) is 4. The highest BCUT2D eigenvalue weighted by molar-refractivity contribution is 5.79. The van der Waals surface area contributed by atoms with Crippen molar-refractivity contribution in [3.8, 4) is 0 Å². The Morgan fingerprint density at radius 3 is 2.86 bits per heavy atom. The molecule has 1 rings (SSSR count). The molecule has 9 nitrogen and oxygen atoms in total. The van der Waals surface area contributed by atoms with Crippen molar-refractivity contribution in [2.45, 2.75) is 12.6 Å². The van der Waals surface area contributed by atoms with Crippen LogP contribution in [-0.4, -0.2) is 31.6 Å². The van der Waals surface area contributed by atoms with Gasteiger partial charge in [-0.15, -0.1) is 0 Å². The Balaban J connectivity index is 2.69. The molecule has 9 heteroatoms. The number of rotatable bonds is 4. The molecule has 0 saturated heterocycles. The fourth-order valence-corrected chi connectivity index (χ4v) is 0.748. The summed E-state index contributed by atoms with van der Waals surface area (Å²) in [4.78, 5) is 23.4. The van der Waals surface area contributed by atoms with Gasteiger partial charge in [-0.05, 0) is 4.92 Å². The molecule has 1 amide bonds. The third-order valence-electron chi connectivity index (χ3n) is 1.44. The molecule has 0 saturated carbocycles. The summed E-state index contributed by atoms with van der Waals surface area (Å²) in [6.07, 6.45) is 1.11. The number of hydrogen-bond donors (Lipinski definition) is 2. The van der Waals surface area contributed by atoms with E-state index in [1.165, 1.54) is 0 Å². The fourth-order valence-electron chi connectivity index (χ4n) is 0.748. The Kier molecular flexibility index (Phi) is 2.72. The molecule has 0 fully saturated rings. The standard InChI is InChI=1S/C5H8N6O3/c6-3(4(7)12)1-10-2-8-5(9-10)11(13)14/h2-3H,1,6H2,(H2,7,12). The monoisotopic (exact) mass is 200 g/mol. The largest absolute Gasteiger partial charge is 0.490 e. The smallest absolute Gasteiger partial charge is 0.390 e. The Hall–Kier alpha value is -2.03. The molecule has 14 heavy (non-hydrogen) atoms. The lowest BCUT2D eigenvalue weighted by atomic mass is 10.3. The highest BCUT2D eigenvalue weighted by atomic mass is 16.6. The SMILES string of the molecule is NC(=O)C(N)Cn1cnc([N+](=O)[O-])n1. The van der Waals surface area contributed by atoms with Crippen molar-refractivity contribution in [3.05, 3.63) is 16.4 Å². The first-order chi connectivity index (χ1) is 6.50. The van der Waals surface area contributed by atoms with Gasteiger partial charge in [0.05, 0.1) is 6.54 Å². The first-order valence-electron chi connectivity index (χ1n) is 3.59. The summed E-state index contributed by atoms with van der Waals surface area (Å²) in [6, 6.07) is -0.934. The Labute approximate surface area is 77.8 Å². The second kappa shape index (κ2) is 3.79. The first-order valence-corrected chi connectivity index (χ1v) is 3.59. The van der Waals surface area contributed by atoms with Crippen molar-refractivity contribution in [1.29, 1.82) is 0 Å². The van der Waals surface area contributed by atoms with Gasteiger partial charge in [-0.3, -0.25) is 4.79 Å². The van der Waals surface area contributed by atoms with Crippen molar-refractivity contribution in [1.82, 2.24) is 14.8 Å². The number of carbonyl (C=O) groups is 1. The summed E-state index contributed by atoms with van der Waals surface area (Å²) in [5.41, 5.74) is 10.2.